The first-order chi connectivity index (χ1) is 14.7. The zero-order chi connectivity index (χ0) is 20.5. The van der Waals surface area contributed by atoms with Crippen LogP contribution in [-0.4, -0.2) is 61.7 Å². The highest BCUT2D eigenvalue weighted by Crippen LogP contribution is 2.32. The Bertz CT molecular complexity index is 1130. The Labute approximate surface area is 176 Å². The molecule has 0 saturated carbocycles. The van der Waals surface area contributed by atoms with Crippen molar-refractivity contribution >= 4 is 11.5 Å². The van der Waals surface area contributed by atoms with Crippen molar-refractivity contribution in [3.63, 3.8) is 0 Å². The molecule has 5 rings (SSSR count). The van der Waals surface area contributed by atoms with Crippen molar-refractivity contribution in [3.05, 3.63) is 61.2 Å². The van der Waals surface area contributed by atoms with Crippen LogP contribution in [0.3, 0.4) is 0 Å². The predicted octanol–water partition coefficient (Wildman–Crippen LogP) is 3.38. The lowest BCUT2D eigenvalue weighted by Gasteiger charge is -2.37. The number of aromatic nitrogens is 5. The lowest BCUT2D eigenvalue weighted by atomic mass is 10.1. The molecule has 5 heterocycles. The molecule has 0 radical (unpaired) electrons. The van der Waals surface area contributed by atoms with Crippen LogP contribution in [0.4, 0.5) is 5.82 Å². The number of rotatable bonds is 4. The van der Waals surface area contributed by atoms with Crippen LogP contribution in [0.5, 0.6) is 0 Å². The number of hydrogen-bond acceptors (Lipinski definition) is 6. The van der Waals surface area contributed by atoms with Crippen LogP contribution < -0.4 is 4.90 Å². The average molecular weight is 400 g/mol. The molecular formula is C23H25N7. The highest BCUT2D eigenvalue weighted by Gasteiger charge is 2.22. The summed E-state index contributed by atoms with van der Waals surface area (Å²) in [6.45, 7) is 8.58. The summed E-state index contributed by atoms with van der Waals surface area (Å²) in [6.07, 6.45) is 7.23. The average Bonchev–Trinajstić information content (AvgIpc) is 3.19. The first-order valence-corrected chi connectivity index (χ1v) is 10.4. The Morgan fingerprint density at radius 2 is 1.63 bits per heavy atom. The molecule has 0 aliphatic carbocycles. The molecule has 0 amide bonds. The quantitative estimate of drug-likeness (QED) is 0.524. The maximum absolute atomic E-state index is 5.01. The second-order valence-electron chi connectivity index (χ2n) is 7.86. The van der Waals surface area contributed by atoms with E-state index in [-0.39, 0.29) is 0 Å². The summed E-state index contributed by atoms with van der Waals surface area (Å²) in [5, 5.41) is 5.01. The van der Waals surface area contributed by atoms with Gasteiger partial charge in [-0.2, -0.15) is 0 Å². The number of anilines is 1. The molecule has 1 fully saturated rings. The molecular weight excluding hydrogens is 374 g/mol. The maximum Gasteiger partial charge on any atom is 0.155 e. The fourth-order valence-corrected chi connectivity index (χ4v) is 4.03. The van der Waals surface area contributed by atoms with Crippen molar-refractivity contribution in [2.24, 2.45) is 0 Å². The Kier molecular flexibility index (Phi) is 4.88. The van der Waals surface area contributed by atoms with E-state index in [9.17, 15) is 0 Å². The molecule has 0 unspecified atom stereocenters. The Morgan fingerprint density at radius 3 is 2.33 bits per heavy atom. The zero-order valence-corrected chi connectivity index (χ0v) is 17.3. The topological polar surface area (TPSA) is 62.5 Å². The van der Waals surface area contributed by atoms with Gasteiger partial charge in [-0.25, -0.2) is 9.50 Å². The minimum absolute atomic E-state index is 0.580. The van der Waals surface area contributed by atoms with E-state index in [0.717, 1.165) is 60.2 Å². The molecule has 0 bridgehead atoms. The fraction of sp³-hybridized carbons (Fsp3) is 0.304. The van der Waals surface area contributed by atoms with Crippen LogP contribution in [0, 0.1) is 0 Å². The number of imidazole rings is 1. The third kappa shape index (κ3) is 3.41. The molecule has 7 nitrogen and oxygen atoms in total. The smallest absolute Gasteiger partial charge is 0.155 e. The highest BCUT2D eigenvalue weighted by molar-refractivity contribution is 5.81. The van der Waals surface area contributed by atoms with Gasteiger partial charge in [0.05, 0.1) is 0 Å². The molecule has 4 aromatic rings. The molecule has 1 aliphatic rings. The van der Waals surface area contributed by atoms with Gasteiger partial charge in [-0.1, -0.05) is 0 Å². The summed E-state index contributed by atoms with van der Waals surface area (Å²) in [4.78, 5) is 18.2. The first kappa shape index (κ1) is 18.7. The summed E-state index contributed by atoms with van der Waals surface area (Å²) in [5.74, 6) is 0.983. The van der Waals surface area contributed by atoms with Gasteiger partial charge in [0.2, 0.25) is 0 Å². The van der Waals surface area contributed by atoms with E-state index in [4.69, 9.17) is 10.1 Å². The van der Waals surface area contributed by atoms with E-state index >= 15 is 0 Å². The van der Waals surface area contributed by atoms with Gasteiger partial charge in [0.1, 0.15) is 17.2 Å². The second-order valence-corrected chi connectivity index (χ2v) is 7.86. The lowest BCUT2D eigenvalue weighted by molar-refractivity contribution is 0.209. The predicted molar refractivity (Wildman–Crippen MR) is 118 cm³/mol. The maximum atomic E-state index is 5.01. The van der Waals surface area contributed by atoms with Crippen molar-refractivity contribution < 1.29 is 0 Å². The van der Waals surface area contributed by atoms with Gasteiger partial charge in [-0.05, 0) is 50.2 Å². The molecule has 4 aromatic heterocycles. The van der Waals surface area contributed by atoms with E-state index in [2.05, 4.69) is 45.7 Å². The lowest BCUT2D eigenvalue weighted by Crippen LogP contribution is -2.49. The summed E-state index contributed by atoms with van der Waals surface area (Å²) < 4.78 is 1.96. The molecule has 0 atom stereocenters. The standard InChI is InChI=1S/C23H25N7/c1-17(2)28-12-14-29(15-13-28)21-6-5-20-26-22(19-4-3-9-25-16-19)23(30(20)27-21)18-7-10-24-11-8-18/h3-11,16-17H,12-15H2,1-2H3. The van der Waals surface area contributed by atoms with Gasteiger partial charge < -0.3 is 4.90 Å². The normalized spacial score (nSPS) is 15.2. The van der Waals surface area contributed by atoms with Crippen molar-refractivity contribution in [1.82, 2.24) is 29.5 Å². The summed E-state index contributed by atoms with van der Waals surface area (Å²) in [7, 11) is 0. The van der Waals surface area contributed by atoms with E-state index in [1.165, 1.54) is 0 Å². The Balaban J connectivity index is 1.60. The van der Waals surface area contributed by atoms with Gasteiger partial charge in [-0.15, -0.1) is 5.10 Å². The van der Waals surface area contributed by atoms with Crippen molar-refractivity contribution in [2.75, 3.05) is 31.1 Å². The van der Waals surface area contributed by atoms with E-state index in [0.29, 0.717) is 6.04 Å². The summed E-state index contributed by atoms with van der Waals surface area (Å²) in [5.41, 5.74) is 4.67. The van der Waals surface area contributed by atoms with E-state index < -0.39 is 0 Å². The summed E-state index contributed by atoms with van der Waals surface area (Å²) >= 11 is 0. The van der Waals surface area contributed by atoms with Gasteiger partial charge in [0, 0.05) is 68.1 Å². The van der Waals surface area contributed by atoms with Crippen LogP contribution in [-0.2, 0) is 0 Å². The van der Waals surface area contributed by atoms with Crippen LogP contribution in [0.2, 0.25) is 0 Å². The molecule has 0 spiro atoms. The van der Waals surface area contributed by atoms with Gasteiger partial charge in [0.25, 0.3) is 0 Å². The number of nitrogens with zero attached hydrogens (tertiary/aromatic N) is 7. The largest absolute Gasteiger partial charge is 0.353 e. The Hall–Kier alpha value is -3.32. The van der Waals surface area contributed by atoms with Crippen molar-refractivity contribution in [3.8, 4) is 22.5 Å². The third-order valence-electron chi connectivity index (χ3n) is 5.72. The number of piperazine rings is 1. The van der Waals surface area contributed by atoms with Crippen molar-refractivity contribution in [2.45, 2.75) is 19.9 Å². The zero-order valence-electron chi connectivity index (χ0n) is 17.3. The monoisotopic (exact) mass is 399 g/mol. The summed E-state index contributed by atoms with van der Waals surface area (Å²) in [6, 6.07) is 12.7. The molecule has 152 valence electrons. The van der Waals surface area contributed by atoms with Gasteiger partial charge in [-0.3, -0.25) is 14.9 Å². The fourth-order valence-electron chi connectivity index (χ4n) is 4.03. The molecule has 0 N–H and O–H groups in total. The molecule has 7 heteroatoms. The van der Waals surface area contributed by atoms with Crippen LogP contribution in [0.1, 0.15) is 13.8 Å². The Morgan fingerprint density at radius 1 is 0.833 bits per heavy atom. The van der Waals surface area contributed by atoms with Crippen molar-refractivity contribution in [1.29, 1.82) is 0 Å². The molecule has 30 heavy (non-hydrogen) atoms. The first-order valence-electron chi connectivity index (χ1n) is 10.4. The number of fused-ring (bicyclic) bond motifs is 1. The molecule has 1 saturated heterocycles. The number of hydrogen-bond donors (Lipinski definition) is 0. The van der Waals surface area contributed by atoms with Crippen LogP contribution in [0.15, 0.2) is 61.2 Å². The van der Waals surface area contributed by atoms with Gasteiger partial charge in [0.15, 0.2) is 5.65 Å². The second kappa shape index (κ2) is 7.84. The highest BCUT2D eigenvalue weighted by atomic mass is 15.4. The van der Waals surface area contributed by atoms with E-state index in [1.54, 1.807) is 18.6 Å². The number of pyridine rings is 2. The van der Waals surface area contributed by atoms with Gasteiger partial charge >= 0.3 is 0 Å². The van der Waals surface area contributed by atoms with Crippen LogP contribution >= 0.6 is 0 Å². The molecule has 0 aromatic carbocycles. The third-order valence-corrected chi connectivity index (χ3v) is 5.72. The molecule has 1 aliphatic heterocycles. The minimum atomic E-state index is 0.580. The van der Waals surface area contributed by atoms with E-state index in [1.807, 2.05) is 35.0 Å². The SMILES string of the molecule is CC(C)N1CCN(c2ccc3nc(-c4cccnc4)c(-c4ccncc4)n3n2)CC1. The van der Waals surface area contributed by atoms with Crippen LogP contribution in [0.25, 0.3) is 28.2 Å². The minimum Gasteiger partial charge on any atom is -0.353 e.